The molecule has 7 heteroatoms. The molecule has 0 radical (unpaired) electrons. The molecule has 2 aliphatic heterocycles. The highest BCUT2D eigenvalue weighted by atomic mass is 16.7. The van der Waals surface area contributed by atoms with Crippen LogP contribution >= 0.6 is 0 Å². The first kappa shape index (κ1) is 21.2. The lowest BCUT2D eigenvalue weighted by Gasteiger charge is -2.41. The third-order valence-electron chi connectivity index (χ3n) is 6.92. The number of nitrogens with one attached hydrogen (secondary N) is 1. The van der Waals surface area contributed by atoms with Crippen molar-refractivity contribution in [2.75, 3.05) is 46.2 Å². The van der Waals surface area contributed by atoms with Crippen molar-refractivity contribution in [1.82, 2.24) is 15.1 Å². The van der Waals surface area contributed by atoms with Crippen LogP contribution in [0.5, 0.6) is 11.5 Å². The normalized spacial score (nSPS) is 26.4. The molecule has 2 amide bonds. The molecule has 3 aliphatic rings. The van der Waals surface area contributed by atoms with Gasteiger partial charge < -0.3 is 24.4 Å². The predicted molar refractivity (Wildman–Crippen MR) is 115 cm³/mol. The second kappa shape index (κ2) is 9.88. The molecule has 1 aliphatic carbocycles. The van der Waals surface area contributed by atoms with Crippen LogP contribution in [0, 0.1) is 11.8 Å². The van der Waals surface area contributed by atoms with Gasteiger partial charge in [0, 0.05) is 38.8 Å². The molecule has 7 nitrogen and oxygen atoms in total. The van der Waals surface area contributed by atoms with E-state index in [0.717, 1.165) is 56.3 Å². The van der Waals surface area contributed by atoms with Gasteiger partial charge in [0.05, 0.1) is 13.2 Å². The lowest BCUT2D eigenvalue weighted by molar-refractivity contribution is 0.0382. The van der Waals surface area contributed by atoms with Gasteiger partial charge >= 0.3 is 6.03 Å². The number of hydrogen-bond acceptors (Lipinski definition) is 5. The van der Waals surface area contributed by atoms with E-state index in [9.17, 15) is 4.79 Å². The fourth-order valence-electron chi connectivity index (χ4n) is 4.82. The van der Waals surface area contributed by atoms with E-state index in [1.165, 1.54) is 12.8 Å². The van der Waals surface area contributed by atoms with E-state index >= 15 is 0 Å². The van der Waals surface area contributed by atoms with E-state index in [2.05, 4.69) is 29.0 Å². The van der Waals surface area contributed by atoms with E-state index in [4.69, 9.17) is 14.2 Å². The zero-order valence-electron chi connectivity index (χ0n) is 18.3. The molecular weight excluding hydrogens is 382 g/mol. The zero-order valence-corrected chi connectivity index (χ0v) is 18.3. The Bertz CT molecular complexity index is 722. The lowest BCUT2D eigenvalue weighted by Crippen LogP contribution is -2.52. The molecule has 2 heterocycles. The smallest absolute Gasteiger partial charge is 0.318 e. The maximum Gasteiger partial charge on any atom is 0.318 e. The van der Waals surface area contributed by atoms with E-state index in [1.807, 2.05) is 18.2 Å². The van der Waals surface area contributed by atoms with Gasteiger partial charge in [-0.25, -0.2) is 4.79 Å². The van der Waals surface area contributed by atoms with E-state index in [-0.39, 0.29) is 18.9 Å². The molecule has 2 fully saturated rings. The number of amides is 2. The topological polar surface area (TPSA) is 63.3 Å². The summed E-state index contributed by atoms with van der Waals surface area (Å²) in [6, 6.07) is 6.28. The standard InChI is InChI=1S/C23H35N3O4/c1-17-4-3-5-20(18(17)2)26(15-19-6-7-21-22(14-19)30-16-29-21)23(27)24-8-9-25-10-12-28-13-11-25/h6-7,14,17-18,20H,3-5,8-13,15-16H2,1-2H3,(H,24,27)/t17-,18-,20-/m1/s1. The van der Waals surface area contributed by atoms with Crippen LogP contribution in [0.4, 0.5) is 4.79 Å². The number of carbonyl (C=O) groups is 1. The van der Waals surface area contributed by atoms with Crippen molar-refractivity contribution in [1.29, 1.82) is 0 Å². The number of hydrogen-bond donors (Lipinski definition) is 1. The molecule has 0 aromatic heterocycles. The Labute approximate surface area is 179 Å². The summed E-state index contributed by atoms with van der Waals surface area (Å²) < 4.78 is 16.4. The van der Waals surface area contributed by atoms with Crippen molar-refractivity contribution in [3.63, 3.8) is 0 Å². The highest BCUT2D eigenvalue weighted by Gasteiger charge is 2.34. The highest BCUT2D eigenvalue weighted by molar-refractivity contribution is 5.74. The van der Waals surface area contributed by atoms with Gasteiger partial charge in [-0.15, -0.1) is 0 Å². The average molecular weight is 418 g/mol. The van der Waals surface area contributed by atoms with E-state index in [1.54, 1.807) is 0 Å². The summed E-state index contributed by atoms with van der Waals surface area (Å²) in [5.74, 6) is 2.66. The summed E-state index contributed by atoms with van der Waals surface area (Å²) in [6.07, 6.45) is 3.48. The molecule has 3 atom stereocenters. The van der Waals surface area contributed by atoms with Gasteiger partial charge in [0.25, 0.3) is 0 Å². The van der Waals surface area contributed by atoms with Gasteiger partial charge in [0.15, 0.2) is 11.5 Å². The number of ether oxygens (including phenoxy) is 3. The quantitative estimate of drug-likeness (QED) is 0.771. The Balaban J connectivity index is 1.43. The van der Waals surface area contributed by atoms with Gasteiger partial charge in [-0.05, 0) is 36.0 Å². The maximum absolute atomic E-state index is 13.3. The number of urea groups is 1. The van der Waals surface area contributed by atoms with Crippen molar-refractivity contribution in [2.45, 2.75) is 45.7 Å². The molecule has 0 unspecified atom stereocenters. The minimum atomic E-state index is 0.0341. The van der Waals surface area contributed by atoms with Gasteiger partial charge in [-0.3, -0.25) is 4.90 Å². The SMILES string of the molecule is C[C@@H]1[C@H](C)CCC[C@H]1N(Cc1ccc2c(c1)OCO2)C(=O)NCCN1CCOCC1. The van der Waals surface area contributed by atoms with Crippen molar-refractivity contribution in [3.8, 4) is 11.5 Å². The average Bonchev–Trinajstić information content (AvgIpc) is 3.23. The number of rotatable bonds is 6. The van der Waals surface area contributed by atoms with Gasteiger partial charge in [0.2, 0.25) is 6.79 Å². The van der Waals surface area contributed by atoms with Crippen LogP contribution in [-0.4, -0.2) is 68.1 Å². The van der Waals surface area contributed by atoms with Gasteiger partial charge in [0.1, 0.15) is 0 Å². The molecule has 4 rings (SSSR count). The minimum absolute atomic E-state index is 0.0341. The molecule has 1 saturated carbocycles. The second-order valence-corrected chi connectivity index (χ2v) is 8.84. The Kier molecular flexibility index (Phi) is 7.00. The van der Waals surface area contributed by atoms with E-state index < -0.39 is 0 Å². The first-order chi connectivity index (χ1) is 14.6. The van der Waals surface area contributed by atoms with Crippen LogP contribution in [0.1, 0.15) is 38.7 Å². The lowest BCUT2D eigenvalue weighted by atomic mass is 9.77. The Morgan fingerprint density at radius 3 is 2.80 bits per heavy atom. The Morgan fingerprint density at radius 1 is 1.17 bits per heavy atom. The summed E-state index contributed by atoms with van der Waals surface area (Å²) in [7, 11) is 0. The number of carbonyl (C=O) groups excluding carboxylic acids is 1. The van der Waals surface area contributed by atoms with Gasteiger partial charge in [-0.2, -0.15) is 0 Å². The van der Waals surface area contributed by atoms with Crippen molar-refractivity contribution in [2.24, 2.45) is 11.8 Å². The Hall–Kier alpha value is -1.99. The third kappa shape index (κ3) is 5.01. The molecule has 0 spiro atoms. The minimum Gasteiger partial charge on any atom is -0.454 e. The van der Waals surface area contributed by atoms with Crippen LogP contribution in [0.25, 0.3) is 0 Å². The Morgan fingerprint density at radius 2 is 1.97 bits per heavy atom. The van der Waals surface area contributed by atoms with Crippen LogP contribution in [0.15, 0.2) is 18.2 Å². The summed E-state index contributed by atoms with van der Waals surface area (Å²) in [4.78, 5) is 17.7. The predicted octanol–water partition coefficient (Wildman–Crippen LogP) is 3.08. The van der Waals surface area contributed by atoms with Crippen LogP contribution in [0.3, 0.4) is 0 Å². The molecule has 30 heavy (non-hydrogen) atoms. The van der Waals surface area contributed by atoms with Crippen LogP contribution < -0.4 is 14.8 Å². The fourth-order valence-corrected chi connectivity index (χ4v) is 4.82. The maximum atomic E-state index is 13.3. The summed E-state index contributed by atoms with van der Waals surface area (Å²) in [6.45, 7) is 10.4. The largest absolute Gasteiger partial charge is 0.454 e. The van der Waals surface area contributed by atoms with E-state index in [0.29, 0.717) is 24.9 Å². The first-order valence-electron chi connectivity index (χ1n) is 11.3. The summed E-state index contributed by atoms with van der Waals surface area (Å²) in [5.41, 5.74) is 1.08. The molecule has 1 aromatic rings. The monoisotopic (exact) mass is 417 g/mol. The third-order valence-corrected chi connectivity index (χ3v) is 6.92. The first-order valence-corrected chi connectivity index (χ1v) is 11.3. The summed E-state index contributed by atoms with van der Waals surface area (Å²) in [5, 5.41) is 3.18. The molecule has 166 valence electrons. The zero-order chi connectivity index (χ0) is 20.9. The number of benzene rings is 1. The fraction of sp³-hybridized carbons (Fsp3) is 0.696. The van der Waals surface area contributed by atoms with Crippen molar-refractivity contribution < 1.29 is 19.0 Å². The van der Waals surface area contributed by atoms with Crippen LogP contribution in [-0.2, 0) is 11.3 Å². The molecule has 0 bridgehead atoms. The van der Waals surface area contributed by atoms with Crippen molar-refractivity contribution in [3.05, 3.63) is 23.8 Å². The molecule has 1 aromatic carbocycles. The second-order valence-electron chi connectivity index (χ2n) is 8.84. The highest BCUT2D eigenvalue weighted by Crippen LogP contribution is 2.36. The summed E-state index contributed by atoms with van der Waals surface area (Å²) >= 11 is 0. The number of fused-ring (bicyclic) bond motifs is 1. The van der Waals surface area contributed by atoms with Crippen molar-refractivity contribution >= 4 is 6.03 Å². The number of morpholine rings is 1. The van der Waals surface area contributed by atoms with Crippen LogP contribution in [0.2, 0.25) is 0 Å². The molecular formula is C23H35N3O4. The molecule has 1 saturated heterocycles. The number of nitrogens with zero attached hydrogens (tertiary/aromatic N) is 2. The van der Waals surface area contributed by atoms with Gasteiger partial charge in [-0.1, -0.05) is 32.8 Å². The molecule has 1 N–H and O–H groups in total.